The molecule has 0 aromatic rings. The Bertz CT molecular complexity index is 932. The highest BCUT2D eigenvalue weighted by atomic mass is 32.2. The van der Waals surface area contributed by atoms with E-state index >= 15 is 0 Å². The first-order valence-electron chi connectivity index (χ1n) is 11.4. The van der Waals surface area contributed by atoms with E-state index in [1.54, 1.807) is 19.3 Å². The molecule has 4 aliphatic rings. The molecule has 7 heteroatoms. The summed E-state index contributed by atoms with van der Waals surface area (Å²) in [4.78, 5) is 10.9. The van der Waals surface area contributed by atoms with Crippen LogP contribution in [-0.2, 0) is 24.1 Å². The van der Waals surface area contributed by atoms with Gasteiger partial charge in [-0.05, 0) is 59.8 Å². The third kappa shape index (κ3) is 3.42. The Morgan fingerprint density at radius 1 is 1.13 bits per heavy atom. The van der Waals surface area contributed by atoms with Crippen LogP contribution in [0.3, 0.4) is 0 Å². The highest BCUT2D eigenvalue weighted by Crippen LogP contribution is 2.69. The Kier molecular flexibility index (Phi) is 5.31. The molecular formula is C24H36O6S. The van der Waals surface area contributed by atoms with Crippen molar-refractivity contribution in [2.75, 3.05) is 19.5 Å². The first-order valence-corrected chi connectivity index (χ1v) is 13.1. The predicted octanol–water partition coefficient (Wildman–Crippen LogP) is 4.18. The molecule has 1 aliphatic heterocycles. The summed E-state index contributed by atoms with van der Waals surface area (Å²) in [5.74, 6) is 0.250. The number of allylic oxidation sites excluding steroid dienone is 2. The van der Waals surface area contributed by atoms with Crippen LogP contribution in [0, 0.1) is 34.0 Å². The molecule has 6 nitrogen and oxygen atoms in total. The van der Waals surface area contributed by atoms with Gasteiger partial charge >= 0.3 is 5.97 Å². The van der Waals surface area contributed by atoms with Crippen LogP contribution in [0.25, 0.3) is 0 Å². The molecule has 0 amide bonds. The van der Waals surface area contributed by atoms with Gasteiger partial charge in [0.1, 0.15) is 11.5 Å². The lowest BCUT2D eigenvalue weighted by atomic mass is 9.41. The van der Waals surface area contributed by atoms with Gasteiger partial charge < -0.3 is 14.6 Å². The third-order valence-corrected chi connectivity index (χ3v) is 11.2. The molecule has 1 saturated heterocycles. The van der Waals surface area contributed by atoms with Crippen LogP contribution in [0.15, 0.2) is 23.7 Å². The van der Waals surface area contributed by atoms with E-state index in [1.165, 1.54) is 6.42 Å². The second-order valence-electron chi connectivity index (χ2n) is 11.3. The highest BCUT2D eigenvalue weighted by Gasteiger charge is 2.66. The van der Waals surface area contributed by atoms with Gasteiger partial charge in [0, 0.05) is 12.0 Å². The molecule has 0 spiro atoms. The van der Waals surface area contributed by atoms with Crippen molar-refractivity contribution in [2.24, 2.45) is 34.0 Å². The fourth-order valence-corrected chi connectivity index (χ4v) is 10.6. The van der Waals surface area contributed by atoms with Crippen molar-refractivity contribution < 1.29 is 27.8 Å². The minimum Gasteiger partial charge on any atom is -0.501 e. The summed E-state index contributed by atoms with van der Waals surface area (Å²) >= 11 is 0. The van der Waals surface area contributed by atoms with Crippen LogP contribution < -0.4 is 0 Å². The standard InChI is InChI=1S/C24H36O6S/c1-22(2)8-6-9-23(3)18(22)7-10-24(4)19(23)14-31(27,28)17-12-15(30-13-20(25)26)11-16(29-5)21(17)24/h11-12,17-19,21H,6-10,13-14H2,1-5H3,(H,25,26)/t17?,18-,19+,21?,23-,24+/m0/s1. The first-order chi connectivity index (χ1) is 14.3. The largest absolute Gasteiger partial charge is 0.501 e. The van der Waals surface area contributed by atoms with Gasteiger partial charge in [0.15, 0.2) is 16.4 Å². The minimum absolute atomic E-state index is 0.0184. The average Bonchev–Trinajstić information content (AvgIpc) is 2.67. The molecule has 0 aromatic carbocycles. The van der Waals surface area contributed by atoms with E-state index in [-0.39, 0.29) is 39.6 Å². The maximum absolute atomic E-state index is 13.6. The maximum Gasteiger partial charge on any atom is 0.341 e. The number of hydrogen-bond acceptors (Lipinski definition) is 5. The number of sulfone groups is 1. The Hall–Kier alpha value is -1.50. The molecule has 31 heavy (non-hydrogen) atoms. The van der Waals surface area contributed by atoms with Crippen molar-refractivity contribution in [3.05, 3.63) is 23.7 Å². The minimum atomic E-state index is -3.46. The number of rotatable bonds is 4. The summed E-state index contributed by atoms with van der Waals surface area (Å²) in [6, 6.07) is 0. The molecule has 174 valence electrons. The summed E-state index contributed by atoms with van der Waals surface area (Å²) in [6.45, 7) is 8.80. The van der Waals surface area contributed by atoms with Crippen molar-refractivity contribution in [1.29, 1.82) is 0 Å². The lowest BCUT2D eigenvalue weighted by Gasteiger charge is -2.66. The molecule has 3 fully saturated rings. The van der Waals surface area contributed by atoms with Crippen molar-refractivity contribution in [3.63, 3.8) is 0 Å². The van der Waals surface area contributed by atoms with E-state index in [9.17, 15) is 13.2 Å². The Balaban J connectivity index is 1.78. The van der Waals surface area contributed by atoms with Gasteiger partial charge in [0.25, 0.3) is 0 Å². The van der Waals surface area contributed by atoms with Crippen LogP contribution in [0.1, 0.15) is 59.8 Å². The average molecular weight is 453 g/mol. The number of fused-ring (bicyclic) bond motifs is 5. The number of hydrogen-bond donors (Lipinski definition) is 1. The van der Waals surface area contributed by atoms with E-state index < -0.39 is 27.7 Å². The van der Waals surface area contributed by atoms with E-state index in [2.05, 4.69) is 27.7 Å². The molecule has 0 bridgehead atoms. The van der Waals surface area contributed by atoms with Gasteiger partial charge in [-0.25, -0.2) is 13.2 Å². The van der Waals surface area contributed by atoms with Crippen molar-refractivity contribution >= 4 is 15.8 Å². The summed E-state index contributed by atoms with van der Waals surface area (Å²) < 4.78 is 38.4. The monoisotopic (exact) mass is 452 g/mol. The number of ether oxygens (including phenoxy) is 2. The zero-order valence-corrected chi connectivity index (χ0v) is 20.1. The Labute approximate surface area is 186 Å². The van der Waals surface area contributed by atoms with E-state index in [0.717, 1.165) is 25.7 Å². The lowest BCUT2D eigenvalue weighted by molar-refractivity contribution is -0.142. The normalized spacial score (nSPS) is 42.7. The fraction of sp³-hybridized carbons (Fsp3) is 0.792. The predicted molar refractivity (Wildman–Crippen MR) is 118 cm³/mol. The van der Waals surface area contributed by atoms with Crippen LogP contribution in [-0.4, -0.2) is 44.2 Å². The highest BCUT2D eigenvalue weighted by molar-refractivity contribution is 7.92. The smallest absolute Gasteiger partial charge is 0.341 e. The molecule has 1 N–H and O–H groups in total. The molecule has 1 heterocycles. The van der Waals surface area contributed by atoms with Gasteiger partial charge in [-0.15, -0.1) is 0 Å². The van der Waals surface area contributed by atoms with Crippen molar-refractivity contribution in [3.8, 4) is 0 Å². The lowest BCUT2D eigenvalue weighted by Crippen LogP contribution is -2.64. The molecule has 0 aromatic heterocycles. The fourth-order valence-electron chi connectivity index (χ4n) is 7.91. The molecule has 4 rings (SSSR count). The van der Waals surface area contributed by atoms with Gasteiger partial charge in [-0.3, -0.25) is 0 Å². The van der Waals surface area contributed by atoms with Gasteiger partial charge in [-0.1, -0.05) is 34.1 Å². The van der Waals surface area contributed by atoms with Crippen LogP contribution in [0.4, 0.5) is 0 Å². The quantitative estimate of drug-likeness (QED) is 0.688. The number of carboxylic acids is 1. The first kappa shape index (κ1) is 22.7. The van der Waals surface area contributed by atoms with Crippen molar-refractivity contribution in [2.45, 2.75) is 65.0 Å². The third-order valence-electron chi connectivity index (χ3n) is 9.21. The van der Waals surface area contributed by atoms with Gasteiger partial charge in [0.2, 0.25) is 0 Å². The summed E-state index contributed by atoms with van der Waals surface area (Å²) in [5.41, 5.74) is -0.0000560. The number of aliphatic carboxylic acids is 1. The summed E-state index contributed by atoms with van der Waals surface area (Å²) in [7, 11) is -1.89. The van der Waals surface area contributed by atoms with Crippen molar-refractivity contribution in [1.82, 2.24) is 0 Å². The van der Waals surface area contributed by atoms with Gasteiger partial charge in [-0.2, -0.15) is 0 Å². The Morgan fingerprint density at radius 3 is 2.48 bits per heavy atom. The molecule has 6 atom stereocenters. The Morgan fingerprint density at radius 2 is 1.84 bits per heavy atom. The zero-order valence-electron chi connectivity index (χ0n) is 19.3. The SMILES string of the molecule is COC1=CC(OCC(=O)O)=CC2C1[C@]1(C)CC[C@H]3C(C)(C)CCC[C@]3(C)[C@H]1CS2(=O)=O. The van der Waals surface area contributed by atoms with Gasteiger partial charge in [0.05, 0.1) is 18.1 Å². The van der Waals surface area contributed by atoms with Crippen LogP contribution in [0.5, 0.6) is 0 Å². The topological polar surface area (TPSA) is 89.9 Å². The number of carbonyl (C=O) groups is 1. The molecule has 3 aliphatic carbocycles. The van der Waals surface area contributed by atoms with E-state index in [0.29, 0.717) is 11.7 Å². The molecule has 0 radical (unpaired) electrons. The zero-order chi connectivity index (χ0) is 22.8. The number of carboxylic acid groups (broad SMARTS) is 1. The second-order valence-corrected chi connectivity index (χ2v) is 13.5. The van der Waals surface area contributed by atoms with E-state index in [1.807, 2.05) is 0 Å². The van der Waals surface area contributed by atoms with E-state index in [4.69, 9.17) is 14.6 Å². The summed E-state index contributed by atoms with van der Waals surface area (Å²) in [5, 5.41) is 8.21. The molecular weight excluding hydrogens is 416 g/mol. The second kappa shape index (κ2) is 7.26. The maximum atomic E-state index is 13.6. The van der Waals surface area contributed by atoms with Crippen LogP contribution in [0.2, 0.25) is 0 Å². The molecule has 2 unspecified atom stereocenters. The number of methoxy groups -OCH3 is 1. The summed E-state index contributed by atoms with van der Waals surface area (Å²) in [6.07, 6.45) is 8.80. The van der Waals surface area contributed by atoms with Crippen LogP contribution >= 0.6 is 0 Å². The molecule has 2 saturated carbocycles.